The van der Waals surface area contributed by atoms with E-state index in [4.69, 9.17) is 10.5 Å². The zero-order valence-corrected chi connectivity index (χ0v) is 11.6. The van der Waals surface area contributed by atoms with Crippen LogP contribution < -0.4 is 10.5 Å². The Morgan fingerprint density at radius 1 is 1.21 bits per heavy atom. The molecule has 0 unspecified atom stereocenters. The van der Waals surface area contributed by atoms with Crippen molar-refractivity contribution in [3.8, 4) is 17.0 Å². The minimum atomic E-state index is 0.585. The zero-order chi connectivity index (χ0) is 13.7. The van der Waals surface area contributed by atoms with Crippen molar-refractivity contribution in [3.63, 3.8) is 0 Å². The number of nitrogens with two attached hydrogens (primary N) is 1. The first kappa shape index (κ1) is 13.5. The number of nitrogens with zero attached hydrogens (tertiary/aromatic N) is 2. The van der Waals surface area contributed by atoms with Crippen LogP contribution >= 0.6 is 0 Å². The normalized spacial score (nSPS) is 10.6. The number of nitrogen functional groups attached to an aromatic ring is 1. The Hall–Kier alpha value is -1.97. The van der Waals surface area contributed by atoms with Gasteiger partial charge >= 0.3 is 0 Å². The van der Waals surface area contributed by atoms with Gasteiger partial charge in [0, 0.05) is 18.3 Å². The fraction of sp³-hybridized carbons (Fsp3) is 0.400. The smallest absolute Gasteiger partial charge is 0.200 e. The lowest BCUT2D eigenvalue weighted by Gasteiger charge is -2.02. The molecule has 0 aliphatic heterocycles. The summed E-state index contributed by atoms with van der Waals surface area (Å²) < 4.78 is 7.17. The van der Waals surface area contributed by atoms with Crippen LogP contribution in [-0.4, -0.2) is 16.7 Å². The molecule has 0 spiro atoms. The number of anilines is 1. The highest BCUT2D eigenvalue weighted by atomic mass is 16.5. The van der Waals surface area contributed by atoms with E-state index in [0.717, 1.165) is 30.0 Å². The maximum Gasteiger partial charge on any atom is 0.200 e. The number of aromatic nitrogens is 2. The van der Waals surface area contributed by atoms with E-state index in [1.54, 1.807) is 7.11 Å². The first-order valence-corrected chi connectivity index (χ1v) is 6.71. The topological polar surface area (TPSA) is 53.1 Å². The second kappa shape index (κ2) is 6.27. The Balaban J connectivity index is 2.13. The summed E-state index contributed by atoms with van der Waals surface area (Å²) >= 11 is 0. The van der Waals surface area contributed by atoms with E-state index in [-0.39, 0.29) is 0 Å². The predicted molar refractivity (Wildman–Crippen MR) is 78.2 cm³/mol. The standard InChI is InChI=1S/C15H21N3O/c1-3-4-5-10-18-11-14(17-15(18)16)12-6-8-13(19-2)9-7-12/h6-9,11H,3-5,10H2,1-2H3,(H2,16,17). The van der Waals surface area contributed by atoms with Crippen LogP contribution in [0.3, 0.4) is 0 Å². The summed E-state index contributed by atoms with van der Waals surface area (Å²) in [6, 6.07) is 7.86. The maximum absolute atomic E-state index is 5.94. The van der Waals surface area contributed by atoms with Gasteiger partial charge in [-0.25, -0.2) is 4.98 Å². The molecule has 0 saturated carbocycles. The highest BCUT2D eigenvalue weighted by Crippen LogP contribution is 2.22. The van der Waals surface area contributed by atoms with Crippen LogP contribution in [0.2, 0.25) is 0 Å². The van der Waals surface area contributed by atoms with Crippen LogP contribution in [-0.2, 0) is 6.54 Å². The zero-order valence-electron chi connectivity index (χ0n) is 11.6. The van der Waals surface area contributed by atoms with E-state index in [1.807, 2.05) is 35.0 Å². The molecule has 0 aliphatic carbocycles. The monoisotopic (exact) mass is 259 g/mol. The summed E-state index contributed by atoms with van der Waals surface area (Å²) in [5.74, 6) is 1.43. The molecule has 2 aromatic rings. The lowest BCUT2D eigenvalue weighted by atomic mass is 10.1. The summed E-state index contributed by atoms with van der Waals surface area (Å²) in [6.07, 6.45) is 5.58. The number of rotatable bonds is 6. The third-order valence-corrected chi connectivity index (χ3v) is 3.20. The van der Waals surface area contributed by atoms with Gasteiger partial charge in [0.25, 0.3) is 0 Å². The van der Waals surface area contributed by atoms with Gasteiger partial charge in [-0.05, 0) is 30.7 Å². The van der Waals surface area contributed by atoms with Crippen molar-refractivity contribution in [1.82, 2.24) is 9.55 Å². The van der Waals surface area contributed by atoms with E-state index in [0.29, 0.717) is 5.95 Å². The van der Waals surface area contributed by atoms with Gasteiger partial charge in [-0.15, -0.1) is 0 Å². The number of ether oxygens (including phenoxy) is 1. The Kier molecular flexibility index (Phi) is 4.44. The molecule has 0 bridgehead atoms. The van der Waals surface area contributed by atoms with E-state index in [2.05, 4.69) is 11.9 Å². The molecule has 4 heteroatoms. The van der Waals surface area contributed by atoms with Crippen molar-refractivity contribution < 1.29 is 4.74 Å². The molecule has 19 heavy (non-hydrogen) atoms. The highest BCUT2D eigenvalue weighted by Gasteiger charge is 2.06. The third kappa shape index (κ3) is 3.28. The predicted octanol–water partition coefficient (Wildman–Crippen LogP) is 3.33. The van der Waals surface area contributed by atoms with Gasteiger partial charge in [0.2, 0.25) is 5.95 Å². The fourth-order valence-electron chi connectivity index (χ4n) is 2.04. The van der Waals surface area contributed by atoms with Gasteiger partial charge in [-0.3, -0.25) is 0 Å². The van der Waals surface area contributed by atoms with Crippen molar-refractivity contribution >= 4 is 5.95 Å². The van der Waals surface area contributed by atoms with Gasteiger partial charge < -0.3 is 15.0 Å². The summed E-state index contributed by atoms with van der Waals surface area (Å²) in [5, 5.41) is 0. The van der Waals surface area contributed by atoms with Crippen LogP contribution in [0.25, 0.3) is 11.3 Å². The van der Waals surface area contributed by atoms with Crippen molar-refractivity contribution in [2.75, 3.05) is 12.8 Å². The highest BCUT2D eigenvalue weighted by molar-refractivity contribution is 5.61. The molecular formula is C15H21N3O. The molecule has 1 heterocycles. The van der Waals surface area contributed by atoms with E-state index in [9.17, 15) is 0 Å². The molecule has 2 N–H and O–H groups in total. The molecule has 0 atom stereocenters. The minimum absolute atomic E-state index is 0.585. The Morgan fingerprint density at radius 2 is 1.95 bits per heavy atom. The fourth-order valence-corrected chi connectivity index (χ4v) is 2.04. The average Bonchev–Trinajstić information content (AvgIpc) is 2.81. The van der Waals surface area contributed by atoms with E-state index < -0.39 is 0 Å². The molecule has 102 valence electrons. The van der Waals surface area contributed by atoms with Crippen molar-refractivity contribution in [2.24, 2.45) is 0 Å². The van der Waals surface area contributed by atoms with Gasteiger partial charge in [0.05, 0.1) is 12.8 Å². The van der Waals surface area contributed by atoms with Crippen molar-refractivity contribution in [3.05, 3.63) is 30.5 Å². The second-order valence-electron chi connectivity index (χ2n) is 4.61. The van der Waals surface area contributed by atoms with E-state index in [1.165, 1.54) is 12.8 Å². The molecule has 0 saturated heterocycles. The quantitative estimate of drug-likeness (QED) is 0.809. The summed E-state index contributed by atoms with van der Waals surface area (Å²) in [6.45, 7) is 3.13. The number of unbranched alkanes of at least 4 members (excludes halogenated alkanes) is 2. The van der Waals surface area contributed by atoms with Crippen molar-refractivity contribution in [2.45, 2.75) is 32.7 Å². The molecule has 4 nitrogen and oxygen atoms in total. The molecular weight excluding hydrogens is 238 g/mol. The Morgan fingerprint density at radius 3 is 2.58 bits per heavy atom. The Labute approximate surface area is 114 Å². The summed E-state index contributed by atoms with van der Waals surface area (Å²) in [5.41, 5.74) is 7.91. The second-order valence-corrected chi connectivity index (χ2v) is 4.61. The maximum atomic E-state index is 5.94. The largest absolute Gasteiger partial charge is 0.497 e. The molecule has 0 aliphatic rings. The van der Waals surface area contributed by atoms with Gasteiger partial charge in [0.15, 0.2) is 0 Å². The van der Waals surface area contributed by atoms with Crippen LogP contribution in [0.4, 0.5) is 5.95 Å². The number of imidazole rings is 1. The van der Waals surface area contributed by atoms with Gasteiger partial charge in [-0.2, -0.15) is 0 Å². The molecule has 1 aromatic heterocycles. The van der Waals surface area contributed by atoms with Crippen LogP contribution in [0.15, 0.2) is 30.5 Å². The third-order valence-electron chi connectivity index (χ3n) is 3.20. The Bertz CT molecular complexity index is 517. The van der Waals surface area contributed by atoms with Gasteiger partial charge in [0.1, 0.15) is 5.75 Å². The molecule has 1 aromatic carbocycles. The lowest BCUT2D eigenvalue weighted by Crippen LogP contribution is -2.02. The first-order valence-electron chi connectivity index (χ1n) is 6.71. The number of benzene rings is 1. The SMILES string of the molecule is CCCCCn1cc(-c2ccc(OC)cc2)nc1N. The molecule has 2 rings (SSSR count). The van der Waals surface area contributed by atoms with Crippen LogP contribution in [0.1, 0.15) is 26.2 Å². The average molecular weight is 259 g/mol. The van der Waals surface area contributed by atoms with Gasteiger partial charge in [-0.1, -0.05) is 19.8 Å². The molecule has 0 amide bonds. The van der Waals surface area contributed by atoms with Crippen LogP contribution in [0.5, 0.6) is 5.75 Å². The minimum Gasteiger partial charge on any atom is -0.497 e. The number of methoxy groups -OCH3 is 1. The summed E-state index contributed by atoms with van der Waals surface area (Å²) in [4.78, 5) is 4.42. The first-order chi connectivity index (χ1) is 9.24. The number of aryl methyl sites for hydroxylation is 1. The number of hydrogen-bond donors (Lipinski definition) is 1. The lowest BCUT2D eigenvalue weighted by molar-refractivity contribution is 0.415. The molecule has 0 fully saturated rings. The summed E-state index contributed by atoms with van der Waals surface area (Å²) in [7, 11) is 1.66. The van der Waals surface area contributed by atoms with Crippen molar-refractivity contribution in [1.29, 1.82) is 0 Å². The number of hydrogen-bond acceptors (Lipinski definition) is 3. The van der Waals surface area contributed by atoms with E-state index >= 15 is 0 Å². The molecule has 0 radical (unpaired) electrons. The van der Waals surface area contributed by atoms with Crippen LogP contribution in [0, 0.1) is 0 Å².